The standard InChI is InChI=1S/C12H13BrN2O2/c1-16-11-10(13)12(17-2)15(14-11)8-9-6-4-3-5-7-9/h3-7H,8H2,1-2H3. The van der Waals surface area contributed by atoms with E-state index in [-0.39, 0.29) is 0 Å². The molecule has 17 heavy (non-hydrogen) atoms. The molecule has 0 N–H and O–H groups in total. The molecule has 2 rings (SSSR count). The van der Waals surface area contributed by atoms with Crippen LogP contribution in [0, 0.1) is 0 Å². The third kappa shape index (κ3) is 2.44. The van der Waals surface area contributed by atoms with Gasteiger partial charge in [0, 0.05) is 0 Å². The molecule has 0 atom stereocenters. The average molecular weight is 297 g/mol. The molecule has 0 aliphatic rings. The van der Waals surface area contributed by atoms with Gasteiger partial charge in [-0.1, -0.05) is 30.3 Å². The fourth-order valence-electron chi connectivity index (χ4n) is 1.59. The van der Waals surface area contributed by atoms with E-state index in [1.165, 1.54) is 0 Å². The largest absolute Gasteiger partial charge is 0.480 e. The molecule has 1 aromatic carbocycles. The molecule has 0 saturated heterocycles. The highest BCUT2D eigenvalue weighted by Crippen LogP contribution is 2.33. The number of benzene rings is 1. The zero-order valence-electron chi connectivity index (χ0n) is 9.68. The predicted molar refractivity (Wildman–Crippen MR) is 68.6 cm³/mol. The summed E-state index contributed by atoms with van der Waals surface area (Å²) in [5.41, 5.74) is 1.16. The minimum atomic E-state index is 0.526. The Bertz CT molecular complexity index is 497. The van der Waals surface area contributed by atoms with Crippen molar-refractivity contribution < 1.29 is 9.47 Å². The van der Waals surface area contributed by atoms with Crippen molar-refractivity contribution in [3.8, 4) is 11.8 Å². The third-order valence-corrected chi connectivity index (χ3v) is 3.06. The molecule has 4 nitrogen and oxygen atoms in total. The van der Waals surface area contributed by atoms with E-state index in [9.17, 15) is 0 Å². The Balaban J connectivity index is 2.32. The number of hydrogen-bond acceptors (Lipinski definition) is 3. The van der Waals surface area contributed by atoms with Crippen molar-refractivity contribution in [1.82, 2.24) is 9.78 Å². The summed E-state index contributed by atoms with van der Waals surface area (Å²) in [6, 6.07) is 10.1. The van der Waals surface area contributed by atoms with E-state index >= 15 is 0 Å². The van der Waals surface area contributed by atoms with Gasteiger partial charge in [0.25, 0.3) is 5.88 Å². The molecule has 5 heteroatoms. The second kappa shape index (κ2) is 5.23. The van der Waals surface area contributed by atoms with Gasteiger partial charge in [0.2, 0.25) is 5.88 Å². The highest BCUT2D eigenvalue weighted by atomic mass is 79.9. The molecule has 0 unspecified atom stereocenters. The lowest BCUT2D eigenvalue weighted by atomic mass is 10.2. The molecule has 0 radical (unpaired) electrons. The molecule has 0 amide bonds. The monoisotopic (exact) mass is 296 g/mol. The lowest BCUT2D eigenvalue weighted by Gasteiger charge is -2.05. The Morgan fingerprint density at radius 1 is 1.18 bits per heavy atom. The topological polar surface area (TPSA) is 36.3 Å². The van der Waals surface area contributed by atoms with Crippen LogP contribution in [0.1, 0.15) is 5.56 Å². The van der Waals surface area contributed by atoms with Crippen LogP contribution in [0.5, 0.6) is 11.8 Å². The molecular weight excluding hydrogens is 284 g/mol. The number of halogens is 1. The lowest BCUT2D eigenvalue weighted by Crippen LogP contribution is -2.04. The number of rotatable bonds is 4. The van der Waals surface area contributed by atoms with E-state index in [1.54, 1.807) is 18.9 Å². The lowest BCUT2D eigenvalue weighted by molar-refractivity contribution is 0.362. The first kappa shape index (κ1) is 12.0. The predicted octanol–water partition coefficient (Wildman–Crippen LogP) is 2.71. The zero-order chi connectivity index (χ0) is 12.3. The van der Waals surface area contributed by atoms with Crippen LogP contribution < -0.4 is 9.47 Å². The molecule has 1 aromatic heterocycles. The maximum Gasteiger partial charge on any atom is 0.251 e. The van der Waals surface area contributed by atoms with Gasteiger partial charge in [0.15, 0.2) is 0 Å². The summed E-state index contributed by atoms with van der Waals surface area (Å²) < 4.78 is 12.9. The Morgan fingerprint density at radius 2 is 1.88 bits per heavy atom. The van der Waals surface area contributed by atoms with Crippen molar-refractivity contribution in [3.05, 3.63) is 40.4 Å². The summed E-state index contributed by atoms with van der Waals surface area (Å²) in [6.07, 6.45) is 0. The summed E-state index contributed by atoms with van der Waals surface area (Å²) in [5.74, 6) is 1.18. The molecule has 90 valence electrons. The molecule has 1 heterocycles. The second-order valence-corrected chi connectivity index (χ2v) is 4.27. The second-order valence-electron chi connectivity index (χ2n) is 3.48. The summed E-state index contributed by atoms with van der Waals surface area (Å²) in [6.45, 7) is 0.645. The van der Waals surface area contributed by atoms with E-state index in [0.717, 1.165) is 10.0 Å². The highest BCUT2D eigenvalue weighted by molar-refractivity contribution is 9.10. The van der Waals surface area contributed by atoms with Crippen molar-refractivity contribution in [2.75, 3.05) is 14.2 Å². The maximum atomic E-state index is 5.30. The molecule has 0 fully saturated rings. The van der Waals surface area contributed by atoms with Crippen LogP contribution in [-0.2, 0) is 6.54 Å². The smallest absolute Gasteiger partial charge is 0.251 e. The highest BCUT2D eigenvalue weighted by Gasteiger charge is 2.16. The summed E-state index contributed by atoms with van der Waals surface area (Å²) >= 11 is 3.40. The number of aromatic nitrogens is 2. The molecular formula is C12H13BrN2O2. The molecule has 0 saturated carbocycles. The Labute approximate surface area is 108 Å². The van der Waals surface area contributed by atoms with E-state index in [0.29, 0.717) is 18.3 Å². The van der Waals surface area contributed by atoms with Gasteiger partial charge in [-0.2, -0.15) is 0 Å². The Kier molecular flexibility index (Phi) is 3.68. The van der Waals surface area contributed by atoms with Crippen molar-refractivity contribution in [2.45, 2.75) is 6.54 Å². The fourth-order valence-corrected chi connectivity index (χ4v) is 2.20. The molecule has 0 bridgehead atoms. The molecule has 0 spiro atoms. The minimum Gasteiger partial charge on any atom is -0.480 e. The van der Waals surface area contributed by atoms with Crippen LogP contribution in [0.15, 0.2) is 34.8 Å². The number of methoxy groups -OCH3 is 2. The van der Waals surface area contributed by atoms with Gasteiger partial charge < -0.3 is 9.47 Å². The maximum absolute atomic E-state index is 5.30. The Hall–Kier alpha value is -1.49. The van der Waals surface area contributed by atoms with Crippen molar-refractivity contribution in [1.29, 1.82) is 0 Å². The first-order valence-electron chi connectivity index (χ1n) is 5.14. The average Bonchev–Trinajstić information content (AvgIpc) is 2.66. The minimum absolute atomic E-state index is 0.526. The van der Waals surface area contributed by atoms with Crippen molar-refractivity contribution >= 4 is 15.9 Å². The summed E-state index contributed by atoms with van der Waals surface area (Å²) in [5, 5.41) is 4.32. The van der Waals surface area contributed by atoms with Crippen molar-refractivity contribution in [3.63, 3.8) is 0 Å². The first-order valence-corrected chi connectivity index (χ1v) is 5.93. The molecule has 0 aliphatic heterocycles. The van der Waals surface area contributed by atoms with E-state index in [4.69, 9.17) is 9.47 Å². The number of hydrogen-bond donors (Lipinski definition) is 0. The van der Waals surface area contributed by atoms with Gasteiger partial charge in [-0.3, -0.25) is 0 Å². The first-order chi connectivity index (χ1) is 8.26. The summed E-state index contributed by atoms with van der Waals surface area (Å²) in [7, 11) is 3.20. The van der Waals surface area contributed by atoms with Gasteiger partial charge in [-0.15, -0.1) is 5.10 Å². The van der Waals surface area contributed by atoms with Gasteiger partial charge in [0.05, 0.1) is 20.8 Å². The summed E-state index contributed by atoms with van der Waals surface area (Å²) in [4.78, 5) is 0. The number of ether oxygens (including phenoxy) is 2. The molecule has 0 aliphatic carbocycles. The van der Waals surface area contributed by atoms with Crippen LogP contribution in [0.4, 0.5) is 0 Å². The van der Waals surface area contributed by atoms with Crippen LogP contribution in [0.25, 0.3) is 0 Å². The fraction of sp³-hybridized carbons (Fsp3) is 0.250. The molecule has 2 aromatic rings. The van der Waals surface area contributed by atoms with Gasteiger partial charge in [-0.05, 0) is 21.5 Å². The third-order valence-electron chi connectivity index (χ3n) is 2.38. The normalized spacial score (nSPS) is 10.3. The van der Waals surface area contributed by atoms with Gasteiger partial charge >= 0.3 is 0 Å². The SMILES string of the molecule is COc1nn(Cc2ccccc2)c(OC)c1Br. The van der Waals surface area contributed by atoms with E-state index < -0.39 is 0 Å². The van der Waals surface area contributed by atoms with Crippen LogP contribution >= 0.6 is 15.9 Å². The van der Waals surface area contributed by atoms with Gasteiger partial charge in [-0.25, -0.2) is 4.68 Å². The van der Waals surface area contributed by atoms with Crippen LogP contribution in [-0.4, -0.2) is 24.0 Å². The van der Waals surface area contributed by atoms with Gasteiger partial charge in [0.1, 0.15) is 4.47 Å². The van der Waals surface area contributed by atoms with E-state index in [1.807, 2.05) is 30.3 Å². The van der Waals surface area contributed by atoms with Crippen LogP contribution in [0.2, 0.25) is 0 Å². The number of nitrogens with zero attached hydrogens (tertiary/aromatic N) is 2. The Morgan fingerprint density at radius 3 is 2.47 bits per heavy atom. The van der Waals surface area contributed by atoms with Crippen LogP contribution in [0.3, 0.4) is 0 Å². The quantitative estimate of drug-likeness (QED) is 0.870. The van der Waals surface area contributed by atoms with E-state index in [2.05, 4.69) is 21.0 Å². The van der Waals surface area contributed by atoms with Crippen molar-refractivity contribution in [2.24, 2.45) is 0 Å². The zero-order valence-corrected chi connectivity index (χ0v) is 11.3.